The van der Waals surface area contributed by atoms with E-state index in [-0.39, 0.29) is 5.54 Å². The molecule has 0 aromatic heterocycles. The summed E-state index contributed by atoms with van der Waals surface area (Å²) < 4.78 is 0. The van der Waals surface area contributed by atoms with Gasteiger partial charge in [-0.2, -0.15) is 0 Å². The zero-order valence-corrected chi connectivity index (χ0v) is 14.1. The summed E-state index contributed by atoms with van der Waals surface area (Å²) in [5, 5.41) is 3.82. The molecule has 3 rings (SSSR count). The van der Waals surface area contributed by atoms with Crippen LogP contribution in [0.15, 0.2) is 18.2 Å². The van der Waals surface area contributed by atoms with Gasteiger partial charge in [0.25, 0.3) is 0 Å². The van der Waals surface area contributed by atoms with E-state index in [0.717, 1.165) is 18.5 Å². The van der Waals surface area contributed by atoms with Gasteiger partial charge in [0, 0.05) is 31.2 Å². The molecule has 1 aliphatic carbocycles. The highest BCUT2D eigenvalue weighted by atomic mass is 15.3. The molecule has 0 amide bonds. The van der Waals surface area contributed by atoms with Crippen LogP contribution in [-0.4, -0.2) is 29.6 Å². The number of rotatable bonds is 4. The first-order valence-corrected chi connectivity index (χ1v) is 8.56. The monoisotopic (exact) mass is 286 g/mol. The van der Waals surface area contributed by atoms with Gasteiger partial charge in [-0.05, 0) is 57.1 Å². The highest BCUT2D eigenvalue weighted by molar-refractivity contribution is 5.30. The van der Waals surface area contributed by atoms with Gasteiger partial charge in [0.15, 0.2) is 0 Å². The lowest BCUT2D eigenvalue weighted by Gasteiger charge is -2.46. The number of piperazine rings is 1. The Morgan fingerprint density at radius 1 is 1.29 bits per heavy atom. The van der Waals surface area contributed by atoms with Crippen LogP contribution >= 0.6 is 0 Å². The van der Waals surface area contributed by atoms with Crippen LogP contribution in [0.25, 0.3) is 0 Å². The number of benzene rings is 1. The van der Waals surface area contributed by atoms with E-state index in [1.807, 2.05) is 0 Å². The largest absolute Gasteiger partial charge is 0.309 e. The highest BCUT2D eigenvalue weighted by Crippen LogP contribution is 2.38. The van der Waals surface area contributed by atoms with Crippen molar-refractivity contribution in [3.05, 3.63) is 34.9 Å². The summed E-state index contributed by atoms with van der Waals surface area (Å²) in [5.41, 5.74) is 4.61. The first kappa shape index (κ1) is 15.1. The Morgan fingerprint density at radius 2 is 2.05 bits per heavy atom. The highest BCUT2D eigenvalue weighted by Gasteiger charge is 2.41. The summed E-state index contributed by atoms with van der Waals surface area (Å²) in [4.78, 5) is 2.76. The molecule has 1 saturated heterocycles. The Bertz CT molecular complexity index is 506. The van der Waals surface area contributed by atoms with Crippen LogP contribution in [0, 0.1) is 19.8 Å². The molecule has 1 aliphatic heterocycles. The third-order valence-corrected chi connectivity index (χ3v) is 5.58. The molecule has 0 spiro atoms. The Morgan fingerprint density at radius 3 is 2.71 bits per heavy atom. The van der Waals surface area contributed by atoms with Gasteiger partial charge in [0.05, 0.1) is 0 Å². The van der Waals surface area contributed by atoms with Gasteiger partial charge in [-0.1, -0.05) is 30.7 Å². The van der Waals surface area contributed by atoms with Gasteiger partial charge in [-0.3, -0.25) is 4.90 Å². The van der Waals surface area contributed by atoms with Crippen LogP contribution in [-0.2, 0) is 6.54 Å². The molecule has 21 heavy (non-hydrogen) atoms. The normalized spacial score (nSPS) is 30.6. The summed E-state index contributed by atoms with van der Waals surface area (Å²) in [6.07, 6.45) is 4.06. The van der Waals surface area contributed by atoms with Crippen molar-refractivity contribution in [3.8, 4) is 0 Å². The van der Waals surface area contributed by atoms with Gasteiger partial charge in [-0.25, -0.2) is 0 Å². The second-order valence-electron chi connectivity index (χ2n) is 7.53. The van der Waals surface area contributed by atoms with Crippen LogP contribution in [0.5, 0.6) is 0 Å². The predicted molar refractivity (Wildman–Crippen MR) is 89.5 cm³/mol. The van der Waals surface area contributed by atoms with E-state index in [0.29, 0.717) is 0 Å². The number of nitrogens with one attached hydrogen (secondary N) is 1. The van der Waals surface area contributed by atoms with Crippen LogP contribution in [0.1, 0.15) is 49.8 Å². The zero-order chi connectivity index (χ0) is 15.0. The summed E-state index contributed by atoms with van der Waals surface area (Å²) in [6, 6.07) is 7.62. The fraction of sp³-hybridized carbons (Fsp3) is 0.684. The number of nitrogens with zero attached hydrogens (tertiary/aromatic N) is 1. The first-order chi connectivity index (χ1) is 10.0. The minimum Gasteiger partial charge on any atom is -0.309 e. The summed E-state index contributed by atoms with van der Waals surface area (Å²) in [6.45, 7) is 12.6. The van der Waals surface area contributed by atoms with Crippen molar-refractivity contribution < 1.29 is 0 Å². The molecule has 0 radical (unpaired) electrons. The molecule has 0 bridgehead atoms. The Balaban J connectivity index is 1.80. The predicted octanol–water partition coefficient (Wildman–Crippen LogP) is 3.66. The lowest BCUT2D eigenvalue weighted by molar-refractivity contribution is 0.0660. The van der Waals surface area contributed by atoms with Crippen molar-refractivity contribution in [2.24, 2.45) is 5.92 Å². The van der Waals surface area contributed by atoms with E-state index < -0.39 is 0 Å². The average molecular weight is 286 g/mol. The van der Waals surface area contributed by atoms with E-state index in [1.54, 1.807) is 0 Å². The minimum absolute atomic E-state index is 0.281. The van der Waals surface area contributed by atoms with Crippen molar-refractivity contribution in [1.82, 2.24) is 10.2 Å². The fourth-order valence-electron chi connectivity index (χ4n) is 3.65. The topological polar surface area (TPSA) is 15.3 Å². The smallest absolute Gasteiger partial charge is 0.0278 e. The number of hydrogen-bond donors (Lipinski definition) is 1. The van der Waals surface area contributed by atoms with Crippen molar-refractivity contribution in [3.63, 3.8) is 0 Å². The second kappa shape index (κ2) is 5.73. The Kier molecular flexibility index (Phi) is 4.11. The maximum absolute atomic E-state index is 3.82. The molecule has 2 atom stereocenters. The standard InChI is InChI=1S/C19H30N2/c1-5-19(4)13-21(18(11-20-19)16-8-9-16)12-17-10-14(2)6-7-15(17)3/h6-7,10,16,18,20H,5,8-9,11-13H2,1-4H3. The van der Waals surface area contributed by atoms with Gasteiger partial charge >= 0.3 is 0 Å². The maximum Gasteiger partial charge on any atom is 0.0278 e. The summed E-state index contributed by atoms with van der Waals surface area (Å²) in [5.74, 6) is 0.934. The third kappa shape index (κ3) is 3.32. The molecule has 2 fully saturated rings. The molecule has 1 aromatic rings. The average Bonchev–Trinajstić information content (AvgIpc) is 3.28. The molecule has 2 aliphatic rings. The lowest BCUT2D eigenvalue weighted by atomic mass is 9.91. The van der Waals surface area contributed by atoms with E-state index >= 15 is 0 Å². The summed E-state index contributed by atoms with van der Waals surface area (Å²) >= 11 is 0. The number of aryl methyl sites for hydroxylation is 2. The number of hydrogen-bond acceptors (Lipinski definition) is 2. The molecule has 1 aromatic carbocycles. The Labute approximate surface area is 129 Å². The molecular formula is C19H30N2. The second-order valence-corrected chi connectivity index (χ2v) is 7.53. The van der Waals surface area contributed by atoms with E-state index in [2.05, 4.69) is 56.1 Å². The van der Waals surface area contributed by atoms with Gasteiger partial charge in [0.2, 0.25) is 0 Å². The molecule has 2 nitrogen and oxygen atoms in total. The molecule has 2 heteroatoms. The third-order valence-electron chi connectivity index (χ3n) is 5.58. The fourth-order valence-corrected chi connectivity index (χ4v) is 3.65. The maximum atomic E-state index is 3.82. The van der Waals surface area contributed by atoms with Crippen LogP contribution in [0.3, 0.4) is 0 Å². The molecular weight excluding hydrogens is 256 g/mol. The van der Waals surface area contributed by atoms with Crippen molar-refractivity contribution >= 4 is 0 Å². The van der Waals surface area contributed by atoms with Crippen LogP contribution in [0.2, 0.25) is 0 Å². The van der Waals surface area contributed by atoms with E-state index in [1.165, 1.54) is 49.0 Å². The van der Waals surface area contributed by atoms with Gasteiger partial charge in [0.1, 0.15) is 0 Å². The van der Waals surface area contributed by atoms with E-state index in [9.17, 15) is 0 Å². The molecule has 1 heterocycles. The first-order valence-electron chi connectivity index (χ1n) is 8.56. The SMILES string of the molecule is CCC1(C)CN(Cc2cc(C)ccc2C)C(C2CC2)CN1. The van der Waals surface area contributed by atoms with Crippen LogP contribution in [0.4, 0.5) is 0 Å². The van der Waals surface area contributed by atoms with Gasteiger partial charge < -0.3 is 5.32 Å². The molecule has 2 unspecified atom stereocenters. The molecule has 1 N–H and O–H groups in total. The summed E-state index contributed by atoms with van der Waals surface area (Å²) in [7, 11) is 0. The van der Waals surface area contributed by atoms with Crippen LogP contribution < -0.4 is 5.32 Å². The lowest BCUT2D eigenvalue weighted by Crippen LogP contribution is -2.62. The van der Waals surface area contributed by atoms with E-state index in [4.69, 9.17) is 0 Å². The molecule has 116 valence electrons. The minimum atomic E-state index is 0.281. The van der Waals surface area contributed by atoms with Crippen molar-refractivity contribution in [1.29, 1.82) is 0 Å². The van der Waals surface area contributed by atoms with Gasteiger partial charge in [-0.15, -0.1) is 0 Å². The molecule has 1 saturated carbocycles. The quantitative estimate of drug-likeness (QED) is 0.909. The Hall–Kier alpha value is -0.860. The zero-order valence-electron chi connectivity index (χ0n) is 14.1. The van der Waals surface area contributed by atoms with Crippen molar-refractivity contribution in [2.75, 3.05) is 13.1 Å². The van der Waals surface area contributed by atoms with Crippen molar-refractivity contribution in [2.45, 2.75) is 65.1 Å².